The topological polar surface area (TPSA) is 337 Å². The van der Waals surface area contributed by atoms with E-state index in [1.54, 1.807) is 73.0 Å². The molecular formula is C46H57N17O11. The molecule has 1 atom stereocenters. The molecule has 28 nitrogen and oxygen atoms in total. The fraction of sp³-hybridized carbons (Fsp3) is 0.348. The van der Waals surface area contributed by atoms with E-state index in [0.717, 1.165) is 0 Å². The zero-order valence-electron chi connectivity index (χ0n) is 42.2. The lowest BCUT2D eigenvalue weighted by molar-refractivity contribution is -0.118. The molecule has 0 aliphatic rings. The molecule has 0 aromatic carbocycles. The monoisotopic (exact) mass is 1020 g/mol. The highest BCUT2D eigenvalue weighted by Gasteiger charge is 2.27. The van der Waals surface area contributed by atoms with Crippen LogP contribution in [0.3, 0.4) is 0 Å². The summed E-state index contributed by atoms with van der Waals surface area (Å²) >= 11 is 0. The first-order valence-electron chi connectivity index (χ1n) is 22.6. The van der Waals surface area contributed by atoms with E-state index < -0.39 is 65.1 Å². The molecule has 8 amide bonds. The molecule has 6 aromatic rings. The quantitative estimate of drug-likeness (QED) is 0.0537. The number of anilines is 5. The van der Waals surface area contributed by atoms with Gasteiger partial charge in [0.2, 0.25) is 23.5 Å². The lowest BCUT2D eigenvalue weighted by atomic mass is 10.2. The van der Waals surface area contributed by atoms with E-state index in [2.05, 4.69) is 57.5 Å². The highest BCUT2D eigenvalue weighted by molar-refractivity contribution is 6.05. The molecular weight excluding hydrogens is 967 g/mol. The molecule has 6 aromatic heterocycles. The maximum atomic E-state index is 13.6. The van der Waals surface area contributed by atoms with Crippen molar-refractivity contribution in [1.82, 2.24) is 58.3 Å². The van der Waals surface area contributed by atoms with Crippen molar-refractivity contribution in [2.24, 2.45) is 42.3 Å². The van der Waals surface area contributed by atoms with Crippen LogP contribution in [0.1, 0.15) is 96.9 Å². The molecule has 0 spiro atoms. The molecule has 392 valence electrons. The zero-order valence-corrected chi connectivity index (χ0v) is 42.2. The summed E-state index contributed by atoms with van der Waals surface area (Å²) in [6.45, 7) is 4.77. The van der Waals surface area contributed by atoms with Crippen molar-refractivity contribution in [2.45, 2.75) is 45.3 Å². The van der Waals surface area contributed by atoms with Crippen LogP contribution in [0.2, 0.25) is 0 Å². The number of imidazole rings is 3. The fourth-order valence-corrected chi connectivity index (χ4v) is 7.22. The highest BCUT2D eigenvalue weighted by atomic mass is 16.6. The molecule has 0 unspecified atom stereocenters. The third-order valence-corrected chi connectivity index (χ3v) is 10.7. The van der Waals surface area contributed by atoms with Crippen molar-refractivity contribution in [2.75, 3.05) is 46.8 Å². The van der Waals surface area contributed by atoms with Crippen LogP contribution < -0.4 is 42.5 Å². The first-order valence-corrected chi connectivity index (χ1v) is 22.6. The number of rotatable bonds is 19. The van der Waals surface area contributed by atoms with E-state index in [4.69, 9.17) is 9.47 Å². The normalized spacial score (nSPS) is 11.5. The Labute approximate surface area is 422 Å². The van der Waals surface area contributed by atoms with Gasteiger partial charge in [-0.3, -0.25) is 33.6 Å². The van der Waals surface area contributed by atoms with Gasteiger partial charge in [-0.2, -0.15) is 0 Å². The van der Waals surface area contributed by atoms with Crippen LogP contribution in [0.5, 0.6) is 0 Å². The molecule has 74 heavy (non-hydrogen) atoms. The maximum absolute atomic E-state index is 13.6. The van der Waals surface area contributed by atoms with Crippen LogP contribution in [0, 0.1) is 0 Å². The smallest absolute Gasteiger partial charge is 0.408 e. The molecule has 6 rings (SSSR count). The number of nitrogens with one attached hydrogen (secondary N) is 8. The van der Waals surface area contributed by atoms with Gasteiger partial charge in [0.05, 0.1) is 24.2 Å². The van der Waals surface area contributed by atoms with Crippen molar-refractivity contribution in [3.05, 3.63) is 96.1 Å². The maximum Gasteiger partial charge on any atom is 0.408 e. The molecule has 0 aliphatic heterocycles. The number of alkyl carbamates (subject to hydrolysis) is 1. The van der Waals surface area contributed by atoms with Gasteiger partial charge in [-0.25, -0.2) is 24.5 Å². The number of esters is 1. The number of hydrogen-bond acceptors (Lipinski definition) is 14. The molecule has 0 fully saturated rings. The fourth-order valence-electron chi connectivity index (χ4n) is 7.22. The van der Waals surface area contributed by atoms with Crippen LogP contribution in [0.4, 0.5) is 33.5 Å². The van der Waals surface area contributed by atoms with Crippen molar-refractivity contribution < 1.29 is 52.6 Å². The summed E-state index contributed by atoms with van der Waals surface area (Å²) in [5, 5.41) is 21.1. The second kappa shape index (κ2) is 22.7. The lowest BCUT2D eigenvalue weighted by Crippen LogP contribution is -2.47. The van der Waals surface area contributed by atoms with Crippen LogP contribution in [0.25, 0.3) is 0 Å². The van der Waals surface area contributed by atoms with Crippen LogP contribution >= 0.6 is 0 Å². The predicted molar refractivity (Wildman–Crippen MR) is 265 cm³/mol. The molecule has 0 saturated carbocycles. The second-order valence-electron chi connectivity index (χ2n) is 17.8. The van der Waals surface area contributed by atoms with Gasteiger partial charge in [-0.15, -0.1) is 0 Å². The number of amides is 8. The van der Waals surface area contributed by atoms with Gasteiger partial charge in [0.15, 0.2) is 17.5 Å². The minimum Gasteiger partial charge on any atom is -0.464 e. The second-order valence-corrected chi connectivity index (χ2v) is 17.8. The van der Waals surface area contributed by atoms with Crippen molar-refractivity contribution in [1.29, 1.82) is 0 Å². The number of ether oxygens (including phenoxy) is 2. The first-order chi connectivity index (χ1) is 34.9. The molecule has 0 radical (unpaired) electrons. The summed E-state index contributed by atoms with van der Waals surface area (Å²) in [5.41, 5.74) is 0.554. The van der Waals surface area contributed by atoms with Crippen LogP contribution in [0.15, 0.2) is 61.6 Å². The summed E-state index contributed by atoms with van der Waals surface area (Å²) in [6.07, 6.45) is 9.33. The average molecular weight is 1020 g/mol. The standard InChI is InChI=1S/C46H57N17O11/c1-46(2,3)74-45(72)53-28(38(65)57-33-24-63(9)37(56-33)43(70)52-27-19-31(44(71)73-10)61(7)22-27)11-13-48-39(66)29-18-26(21-60(29)6)51-42(69)36-55-32(23-62(36)8)54-34(64)12-14-49-40(67)30-17-25(20-59(30)5)50-41(68)35-47-15-16-58(35)4/h15-24,28H,11-14H2,1-10H3,(H,48,66)(H,49,67)(H,50,68)(H,51,69)(H,52,70)(H,53,72)(H,54,64)(H,57,65)/t28-/m1/s1. The molecule has 8 N–H and O–H groups in total. The molecule has 6 heterocycles. The molecule has 0 saturated heterocycles. The summed E-state index contributed by atoms with van der Waals surface area (Å²) < 4.78 is 18.9. The predicted octanol–water partition coefficient (Wildman–Crippen LogP) is 1.86. The number of aryl methyl sites for hydroxylation is 6. The van der Waals surface area contributed by atoms with Crippen molar-refractivity contribution in [3.63, 3.8) is 0 Å². The Morgan fingerprint density at radius 2 is 1.04 bits per heavy atom. The third-order valence-electron chi connectivity index (χ3n) is 10.7. The Hall–Kier alpha value is -9.50. The summed E-state index contributed by atoms with van der Waals surface area (Å²) in [6, 6.07) is 3.06. The van der Waals surface area contributed by atoms with E-state index in [-0.39, 0.29) is 77.8 Å². The minimum absolute atomic E-state index is 0.0270. The average Bonchev–Trinajstić information content (AvgIpc) is 4.19. The van der Waals surface area contributed by atoms with E-state index in [1.165, 1.54) is 86.2 Å². The number of methoxy groups -OCH3 is 1. The van der Waals surface area contributed by atoms with E-state index in [1.807, 2.05) is 0 Å². The van der Waals surface area contributed by atoms with Gasteiger partial charge in [-0.1, -0.05) is 0 Å². The minimum atomic E-state index is -1.27. The number of aromatic nitrogens is 9. The Bertz CT molecular complexity index is 3140. The van der Waals surface area contributed by atoms with Gasteiger partial charge < -0.3 is 79.4 Å². The Kier molecular flexibility index (Phi) is 16.5. The van der Waals surface area contributed by atoms with Crippen LogP contribution in [-0.2, 0) is 61.3 Å². The first kappa shape index (κ1) is 53.8. The van der Waals surface area contributed by atoms with Gasteiger partial charge >= 0.3 is 12.1 Å². The molecule has 0 aliphatic carbocycles. The number of carbonyl (C=O) groups is 9. The molecule has 0 bridgehead atoms. The molecule has 28 heteroatoms. The number of hydrogen-bond donors (Lipinski definition) is 8. The van der Waals surface area contributed by atoms with E-state index >= 15 is 0 Å². The lowest BCUT2D eigenvalue weighted by Gasteiger charge is -2.23. The van der Waals surface area contributed by atoms with Crippen molar-refractivity contribution in [3.8, 4) is 0 Å². The highest BCUT2D eigenvalue weighted by Crippen LogP contribution is 2.19. The number of nitrogens with zero attached hydrogens (tertiary/aromatic N) is 9. The largest absolute Gasteiger partial charge is 0.464 e. The summed E-state index contributed by atoms with van der Waals surface area (Å²) in [7, 11) is 10.8. The van der Waals surface area contributed by atoms with Gasteiger partial charge in [0.25, 0.3) is 29.5 Å². The Balaban J connectivity index is 0.992. The Morgan fingerprint density at radius 1 is 0.568 bits per heavy atom. The Morgan fingerprint density at radius 3 is 1.53 bits per heavy atom. The summed E-state index contributed by atoms with van der Waals surface area (Å²) in [5.74, 6) is -4.60. The van der Waals surface area contributed by atoms with Gasteiger partial charge in [0, 0.05) is 105 Å². The van der Waals surface area contributed by atoms with Gasteiger partial charge in [0.1, 0.15) is 28.7 Å². The third kappa shape index (κ3) is 13.7. The zero-order chi connectivity index (χ0) is 54.2. The van der Waals surface area contributed by atoms with E-state index in [0.29, 0.717) is 11.4 Å². The van der Waals surface area contributed by atoms with Gasteiger partial charge in [-0.05, 0) is 45.4 Å². The number of carbonyl (C=O) groups excluding carboxylic acids is 9. The van der Waals surface area contributed by atoms with E-state index in [9.17, 15) is 43.2 Å². The van der Waals surface area contributed by atoms with Crippen molar-refractivity contribution >= 4 is 82.1 Å². The SMILES string of the molecule is COC(=O)c1cc(NC(=O)c2nc(NC(=O)[C@@H](CCNC(=O)c3cc(NC(=O)c4nc(NC(=O)CCNC(=O)c5cc(NC(=O)c6nccn6C)cn5C)cn4C)cn3C)NC(=O)OC(C)(C)C)cn2C)cn1C. The van der Waals surface area contributed by atoms with Crippen LogP contribution in [-0.4, -0.2) is 128 Å². The summed E-state index contributed by atoms with van der Waals surface area (Å²) in [4.78, 5) is 129.